The van der Waals surface area contributed by atoms with Gasteiger partial charge >= 0.3 is 5.97 Å². The molecule has 0 saturated heterocycles. The van der Waals surface area contributed by atoms with Crippen molar-refractivity contribution in [3.05, 3.63) is 23.3 Å². The molecular weight excluding hydrogens is 236 g/mol. The van der Waals surface area contributed by atoms with Gasteiger partial charge in [0.2, 0.25) is 0 Å². The fraction of sp³-hybridized carbons (Fsp3) is 0.385. The average Bonchev–Trinajstić information content (AvgIpc) is 2.73. The Bertz CT molecular complexity index is 506. The maximum atomic E-state index is 12.1. The van der Waals surface area contributed by atoms with Crippen LogP contribution in [0, 0.1) is 5.92 Å². The van der Waals surface area contributed by atoms with Crippen molar-refractivity contribution < 1.29 is 23.8 Å². The molecule has 2 rings (SSSR count). The van der Waals surface area contributed by atoms with E-state index < -0.39 is 11.9 Å². The zero-order valence-electron chi connectivity index (χ0n) is 10.5. The molecule has 1 aliphatic carbocycles. The molecule has 1 aromatic carbocycles. The fourth-order valence-electron chi connectivity index (χ4n) is 2.15. The van der Waals surface area contributed by atoms with E-state index in [-0.39, 0.29) is 5.78 Å². The number of esters is 1. The van der Waals surface area contributed by atoms with E-state index in [0.717, 1.165) is 5.56 Å². The Hall–Kier alpha value is -2.04. The Labute approximate surface area is 105 Å². The predicted octanol–water partition coefficient (Wildman–Crippen LogP) is 1.23. The molecule has 0 unspecified atom stereocenters. The highest BCUT2D eigenvalue weighted by Gasteiger charge is 2.37. The summed E-state index contributed by atoms with van der Waals surface area (Å²) in [5.41, 5.74) is 1.29. The van der Waals surface area contributed by atoms with Gasteiger partial charge in [-0.1, -0.05) is 0 Å². The number of rotatable bonds is 3. The molecule has 0 spiro atoms. The molecule has 1 aliphatic rings. The number of ether oxygens (including phenoxy) is 3. The SMILES string of the molecule is COC(=O)[C@H]1Cc2cc(OC)c(OC)cc2C1=O. The summed E-state index contributed by atoms with van der Waals surface area (Å²) < 4.78 is 14.9. The lowest BCUT2D eigenvalue weighted by Gasteiger charge is -2.09. The van der Waals surface area contributed by atoms with Gasteiger partial charge in [0, 0.05) is 5.56 Å². The number of hydrogen-bond acceptors (Lipinski definition) is 5. The molecule has 0 fully saturated rings. The first-order chi connectivity index (χ1) is 8.62. The van der Waals surface area contributed by atoms with Crippen molar-refractivity contribution in [2.24, 2.45) is 5.92 Å². The lowest BCUT2D eigenvalue weighted by atomic mass is 10.1. The highest BCUT2D eigenvalue weighted by atomic mass is 16.5. The third-order valence-corrected chi connectivity index (χ3v) is 3.10. The monoisotopic (exact) mass is 250 g/mol. The number of hydrogen-bond donors (Lipinski definition) is 0. The molecule has 96 valence electrons. The number of Topliss-reactive ketones (excluding diaryl/α,β-unsaturated/α-hetero) is 1. The molecule has 1 atom stereocenters. The topological polar surface area (TPSA) is 61.8 Å². The van der Waals surface area contributed by atoms with E-state index in [9.17, 15) is 9.59 Å². The summed E-state index contributed by atoms with van der Waals surface area (Å²) in [7, 11) is 4.31. The molecule has 0 amide bonds. The smallest absolute Gasteiger partial charge is 0.316 e. The minimum atomic E-state index is -0.748. The van der Waals surface area contributed by atoms with Gasteiger partial charge in [0.15, 0.2) is 17.3 Å². The van der Waals surface area contributed by atoms with E-state index >= 15 is 0 Å². The number of fused-ring (bicyclic) bond motifs is 1. The standard InChI is InChI=1S/C13H14O5/c1-16-10-5-7-4-9(13(15)18-3)12(14)8(7)6-11(10)17-2/h5-6,9H,4H2,1-3H3/t9-/m0/s1. The second-order valence-electron chi connectivity index (χ2n) is 4.01. The van der Waals surface area contributed by atoms with Crippen molar-refractivity contribution in [2.75, 3.05) is 21.3 Å². The van der Waals surface area contributed by atoms with Crippen LogP contribution in [-0.2, 0) is 16.0 Å². The summed E-state index contributed by atoms with van der Waals surface area (Å²) in [6.07, 6.45) is 0.348. The molecule has 0 saturated carbocycles. The van der Waals surface area contributed by atoms with Crippen molar-refractivity contribution in [1.29, 1.82) is 0 Å². The van der Waals surface area contributed by atoms with Crippen LogP contribution in [0.25, 0.3) is 0 Å². The van der Waals surface area contributed by atoms with Crippen LogP contribution in [0.3, 0.4) is 0 Å². The van der Waals surface area contributed by atoms with Crippen molar-refractivity contribution in [2.45, 2.75) is 6.42 Å². The fourth-order valence-corrected chi connectivity index (χ4v) is 2.15. The molecule has 0 N–H and O–H groups in total. The second kappa shape index (κ2) is 4.68. The van der Waals surface area contributed by atoms with Crippen molar-refractivity contribution >= 4 is 11.8 Å². The number of carbonyl (C=O) groups excluding carboxylic acids is 2. The summed E-state index contributed by atoms with van der Waals surface area (Å²) in [6, 6.07) is 3.34. The van der Waals surface area contributed by atoms with Gasteiger partial charge < -0.3 is 14.2 Å². The Morgan fingerprint density at radius 2 is 1.78 bits per heavy atom. The van der Waals surface area contributed by atoms with Gasteiger partial charge in [-0.3, -0.25) is 9.59 Å². The van der Waals surface area contributed by atoms with E-state index in [4.69, 9.17) is 9.47 Å². The molecule has 0 radical (unpaired) electrons. The molecule has 18 heavy (non-hydrogen) atoms. The van der Waals surface area contributed by atoms with Gasteiger partial charge in [0.1, 0.15) is 5.92 Å². The van der Waals surface area contributed by atoms with Gasteiger partial charge in [-0.2, -0.15) is 0 Å². The van der Waals surface area contributed by atoms with Crippen LogP contribution in [-0.4, -0.2) is 33.1 Å². The quantitative estimate of drug-likeness (QED) is 0.596. The molecule has 1 aromatic rings. The van der Waals surface area contributed by atoms with Gasteiger partial charge in [0.25, 0.3) is 0 Å². The van der Waals surface area contributed by atoms with Crippen molar-refractivity contribution in [3.63, 3.8) is 0 Å². The maximum Gasteiger partial charge on any atom is 0.316 e. The van der Waals surface area contributed by atoms with Crippen LogP contribution in [0.2, 0.25) is 0 Å². The number of ketones is 1. The summed E-state index contributed by atoms with van der Waals surface area (Å²) in [5.74, 6) is -0.446. The number of benzene rings is 1. The van der Waals surface area contributed by atoms with E-state index in [1.807, 2.05) is 0 Å². The summed E-state index contributed by atoms with van der Waals surface area (Å²) in [5, 5.41) is 0. The Balaban J connectivity index is 2.43. The van der Waals surface area contributed by atoms with Crippen LogP contribution < -0.4 is 9.47 Å². The van der Waals surface area contributed by atoms with Gasteiger partial charge in [0.05, 0.1) is 21.3 Å². The minimum absolute atomic E-state index is 0.224. The lowest BCUT2D eigenvalue weighted by Crippen LogP contribution is -2.21. The van der Waals surface area contributed by atoms with Crippen LogP contribution in [0.4, 0.5) is 0 Å². The minimum Gasteiger partial charge on any atom is -0.493 e. The van der Waals surface area contributed by atoms with Gasteiger partial charge in [-0.15, -0.1) is 0 Å². The number of carbonyl (C=O) groups is 2. The van der Waals surface area contributed by atoms with Gasteiger partial charge in [-0.05, 0) is 24.1 Å². The first-order valence-electron chi connectivity index (χ1n) is 5.49. The first-order valence-corrected chi connectivity index (χ1v) is 5.49. The zero-order chi connectivity index (χ0) is 13.3. The summed E-state index contributed by atoms with van der Waals surface area (Å²) >= 11 is 0. The predicted molar refractivity (Wildman–Crippen MR) is 63.1 cm³/mol. The third kappa shape index (κ3) is 1.81. The summed E-state index contributed by atoms with van der Waals surface area (Å²) in [4.78, 5) is 23.6. The largest absolute Gasteiger partial charge is 0.493 e. The van der Waals surface area contributed by atoms with Crippen LogP contribution in [0.5, 0.6) is 11.5 Å². The van der Waals surface area contributed by atoms with E-state index in [1.54, 1.807) is 12.1 Å². The highest BCUT2D eigenvalue weighted by Crippen LogP contribution is 2.36. The van der Waals surface area contributed by atoms with Crippen LogP contribution in [0.1, 0.15) is 15.9 Å². The Morgan fingerprint density at radius 3 is 2.33 bits per heavy atom. The number of methoxy groups -OCH3 is 3. The van der Waals surface area contributed by atoms with E-state index in [2.05, 4.69) is 4.74 Å². The summed E-state index contributed by atoms with van der Waals surface area (Å²) in [6.45, 7) is 0. The van der Waals surface area contributed by atoms with Crippen molar-refractivity contribution in [3.8, 4) is 11.5 Å². The third-order valence-electron chi connectivity index (χ3n) is 3.10. The molecular formula is C13H14O5. The molecule has 5 nitrogen and oxygen atoms in total. The van der Waals surface area contributed by atoms with Crippen molar-refractivity contribution in [1.82, 2.24) is 0 Å². The Kier molecular flexibility index (Phi) is 3.23. The normalized spacial score (nSPS) is 17.3. The highest BCUT2D eigenvalue weighted by molar-refractivity contribution is 6.12. The molecule has 0 heterocycles. The Morgan fingerprint density at radius 1 is 1.17 bits per heavy atom. The van der Waals surface area contributed by atoms with Gasteiger partial charge in [-0.25, -0.2) is 0 Å². The van der Waals surface area contributed by atoms with E-state index in [0.29, 0.717) is 23.5 Å². The molecule has 0 bridgehead atoms. The van der Waals surface area contributed by atoms with Crippen LogP contribution in [0.15, 0.2) is 12.1 Å². The molecule has 5 heteroatoms. The second-order valence-corrected chi connectivity index (χ2v) is 4.01. The maximum absolute atomic E-state index is 12.1. The zero-order valence-corrected chi connectivity index (χ0v) is 10.5. The lowest BCUT2D eigenvalue weighted by molar-refractivity contribution is -0.143. The average molecular weight is 250 g/mol. The van der Waals surface area contributed by atoms with E-state index in [1.165, 1.54) is 21.3 Å². The molecule has 0 aliphatic heterocycles. The molecule has 0 aromatic heterocycles. The first kappa shape index (κ1) is 12.4. The van der Waals surface area contributed by atoms with Crippen LogP contribution >= 0.6 is 0 Å².